The maximum absolute atomic E-state index is 12.9. The highest BCUT2D eigenvalue weighted by Crippen LogP contribution is 2.23. The zero-order valence-electron chi connectivity index (χ0n) is 16.8. The van der Waals surface area contributed by atoms with E-state index in [2.05, 4.69) is 20.8 Å². The molecule has 2 N–H and O–H groups in total. The predicted molar refractivity (Wildman–Crippen MR) is 121 cm³/mol. The van der Waals surface area contributed by atoms with Gasteiger partial charge in [-0.25, -0.2) is 4.98 Å². The molecule has 0 atom stereocenters. The summed E-state index contributed by atoms with van der Waals surface area (Å²) in [5.41, 5.74) is 8.33. The predicted octanol–water partition coefficient (Wildman–Crippen LogP) is 3.64. The van der Waals surface area contributed by atoms with Crippen molar-refractivity contribution in [1.29, 1.82) is 5.26 Å². The Labute approximate surface area is 184 Å². The highest BCUT2D eigenvalue weighted by atomic mass is 16.2. The molecule has 2 aromatic heterocycles. The van der Waals surface area contributed by atoms with Gasteiger partial charge in [-0.05, 0) is 48.0 Å². The normalized spacial score (nSPS) is 10.6. The molecular formula is C25H17N5O2. The van der Waals surface area contributed by atoms with Crippen LogP contribution in [0.4, 0.5) is 0 Å². The first-order valence-corrected chi connectivity index (χ1v) is 9.74. The summed E-state index contributed by atoms with van der Waals surface area (Å²) < 4.78 is 0. The lowest BCUT2D eigenvalue weighted by molar-refractivity contribution is -0.117. The average Bonchev–Trinajstić information content (AvgIpc) is 2.86. The highest BCUT2D eigenvalue weighted by Gasteiger charge is 2.14. The zero-order valence-corrected chi connectivity index (χ0v) is 16.8. The molecule has 2 aromatic carbocycles. The number of aromatic nitrogens is 2. The van der Waals surface area contributed by atoms with Crippen LogP contribution in [0.5, 0.6) is 0 Å². The third-order valence-corrected chi connectivity index (χ3v) is 4.65. The number of nitrogens with zero attached hydrogens (tertiary/aromatic N) is 3. The van der Waals surface area contributed by atoms with Crippen LogP contribution in [0.25, 0.3) is 28.4 Å². The molecule has 0 saturated carbocycles. The molecule has 32 heavy (non-hydrogen) atoms. The van der Waals surface area contributed by atoms with Gasteiger partial charge >= 0.3 is 0 Å². The average molecular weight is 419 g/mol. The van der Waals surface area contributed by atoms with Gasteiger partial charge in [-0.2, -0.15) is 5.26 Å². The Kier molecular flexibility index (Phi) is 5.96. The molecule has 0 saturated heterocycles. The number of carbonyl (C=O) groups excluding carboxylic acids is 2. The van der Waals surface area contributed by atoms with Gasteiger partial charge in [-0.1, -0.05) is 36.4 Å². The number of pyridine rings is 2. The number of fused-ring (bicyclic) bond motifs is 1. The lowest BCUT2D eigenvalue weighted by Gasteiger charge is -2.10. The molecule has 0 aliphatic rings. The second-order valence-corrected chi connectivity index (χ2v) is 6.80. The summed E-state index contributed by atoms with van der Waals surface area (Å²) in [6.07, 6.45) is 4.54. The van der Waals surface area contributed by atoms with E-state index >= 15 is 0 Å². The number of para-hydroxylation sites is 1. The molecule has 154 valence electrons. The fourth-order valence-corrected chi connectivity index (χ4v) is 3.08. The van der Waals surface area contributed by atoms with E-state index in [0.29, 0.717) is 33.4 Å². The lowest BCUT2D eigenvalue weighted by Crippen LogP contribution is -2.40. The summed E-state index contributed by atoms with van der Waals surface area (Å²) >= 11 is 0. The molecule has 4 rings (SSSR count). The maximum Gasteiger partial charge on any atom is 0.270 e. The van der Waals surface area contributed by atoms with Gasteiger partial charge in [0.15, 0.2) is 0 Å². The Bertz CT molecular complexity index is 1360. The number of nitriles is 1. The van der Waals surface area contributed by atoms with Gasteiger partial charge in [0, 0.05) is 17.7 Å². The zero-order chi connectivity index (χ0) is 22.3. The van der Waals surface area contributed by atoms with Crippen molar-refractivity contribution >= 4 is 28.8 Å². The van der Waals surface area contributed by atoms with Crippen molar-refractivity contribution in [3.8, 4) is 17.5 Å². The molecule has 7 heteroatoms. The van der Waals surface area contributed by atoms with Crippen molar-refractivity contribution < 1.29 is 9.59 Å². The summed E-state index contributed by atoms with van der Waals surface area (Å²) in [6.45, 7) is 0. The van der Waals surface area contributed by atoms with E-state index < -0.39 is 11.8 Å². The molecule has 0 aliphatic heterocycles. The smallest absolute Gasteiger partial charge is 0.268 e. The van der Waals surface area contributed by atoms with E-state index in [1.807, 2.05) is 36.4 Å². The van der Waals surface area contributed by atoms with E-state index in [4.69, 9.17) is 5.26 Å². The van der Waals surface area contributed by atoms with Crippen molar-refractivity contribution in [3.05, 3.63) is 102 Å². The second kappa shape index (κ2) is 9.32. The van der Waals surface area contributed by atoms with Crippen LogP contribution >= 0.6 is 0 Å². The van der Waals surface area contributed by atoms with Crippen LogP contribution in [0.3, 0.4) is 0 Å². The van der Waals surface area contributed by atoms with Crippen LogP contribution in [-0.2, 0) is 4.79 Å². The van der Waals surface area contributed by atoms with Crippen molar-refractivity contribution in [3.63, 3.8) is 0 Å². The van der Waals surface area contributed by atoms with Gasteiger partial charge in [0.05, 0.1) is 34.1 Å². The Morgan fingerprint density at radius 3 is 2.44 bits per heavy atom. The monoisotopic (exact) mass is 419 g/mol. The highest BCUT2D eigenvalue weighted by molar-refractivity contribution is 6.07. The largest absolute Gasteiger partial charge is 0.270 e. The third kappa shape index (κ3) is 4.66. The van der Waals surface area contributed by atoms with Crippen LogP contribution in [0.2, 0.25) is 0 Å². The molecule has 4 aromatic rings. The van der Waals surface area contributed by atoms with E-state index in [1.54, 1.807) is 54.7 Å². The number of hydrazine groups is 1. The summed E-state index contributed by atoms with van der Waals surface area (Å²) in [5, 5.41) is 9.49. The number of amides is 2. The number of benzene rings is 2. The Balaban J connectivity index is 1.51. The van der Waals surface area contributed by atoms with Gasteiger partial charge in [-0.15, -0.1) is 0 Å². The third-order valence-electron chi connectivity index (χ3n) is 4.65. The molecule has 2 amide bonds. The summed E-state index contributed by atoms with van der Waals surface area (Å²) in [7, 11) is 0. The fraction of sp³-hybridized carbons (Fsp3) is 0. The topological polar surface area (TPSA) is 108 Å². The Morgan fingerprint density at radius 1 is 0.906 bits per heavy atom. The van der Waals surface area contributed by atoms with Gasteiger partial charge in [0.25, 0.3) is 11.8 Å². The van der Waals surface area contributed by atoms with E-state index in [0.717, 1.165) is 5.56 Å². The molecule has 0 aliphatic carbocycles. The van der Waals surface area contributed by atoms with E-state index in [1.165, 1.54) is 6.08 Å². The van der Waals surface area contributed by atoms with Gasteiger partial charge in [0.1, 0.15) is 0 Å². The lowest BCUT2D eigenvalue weighted by atomic mass is 10.1. The summed E-state index contributed by atoms with van der Waals surface area (Å²) in [4.78, 5) is 33.9. The maximum atomic E-state index is 12.9. The van der Waals surface area contributed by atoms with Crippen LogP contribution in [0, 0.1) is 11.3 Å². The molecule has 0 unspecified atom stereocenters. The first-order chi connectivity index (χ1) is 15.6. The SMILES string of the molecule is N#Cc1ccc(C=CC(=O)NNC(=O)c2cc(-c3ccccn3)nc3ccccc23)cc1. The molecule has 0 spiro atoms. The number of rotatable bonds is 4. The summed E-state index contributed by atoms with van der Waals surface area (Å²) in [6, 6.07) is 23.2. The quantitative estimate of drug-likeness (QED) is 0.388. The Morgan fingerprint density at radius 2 is 1.69 bits per heavy atom. The van der Waals surface area contributed by atoms with Crippen LogP contribution in [0.15, 0.2) is 85.1 Å². The minimum Gasteiger partial charge on any atom is -0.268 e. The standard InChI is InChI=1S/C25H17N5O2/c26-16-18-10-8-17(9-11-18)12-13-24(31)29-30-25(32)20-15-23(22-7-3-4-14-27-22)28-21-6-2-1-5-19(20)21/h1-15H,(H,29,31)(H,30,32). The molecule has 0 bridgehead atoms. The van der Waals surface area contributed by atoms with Crippen LogP contribution in [0.1, 0.15) is 21.5 Å². The van der Waals surface area contributed by atoms with Gasteiger partial charge in [-0.3, -0.25) is 25.4 Å². The number of carbonyl (C=O) groups is 2. The van der Waals surface area contributed by atoms with Crippen LogP contribution in [-0.4, -0.2) is 21.8 Å². The number of hydrogen-bond acceptors (Lipinski definition) is 5. The van der Waals surface area contributed by atoms with Crippen molar-refractivity contribution in [2.45, 2.75) is 0 Å². The summed E-state index contributed by atoms with van der Waals surface area (Å²) in [5.74, 6) is -0.966. The van der Waals surface area contributed by atoms with Crippen LogP contribution < -0.4 is 10.9 Å². The molecular weight excluding hydrogens is 402 g/mol. The molecule has 7 nitrogen and oxygen atoms in total. The number of hydrogen-bond donors (Lipinski definition) is 2. The first kappa shape index (κ1) is 20.4. The molecule has 2 heterocycles. The van der Waals surface area contributed by atoms with Gasteiger partial charge in [0.2, 0.25) is 0 Å². The second-order valence-electron chi connectivity index (χ2n) is 6.80. The van der Waals surface area contributed by atoms with Crippen molar-refractivity contribution in [2.24, 2.45) is 0 Å². The minimum absolute atomic E-state index is 0.368. The number of nitrogens with one attached hydrogen (secondary N) is 2. The fourth-order valence-electron chi connectivity index (χ4n) is 3.08. The Hall–Kier alpha value is -4.83. The first-order valence-electron chi connectivity index (χ1n) is 9.74. The van der Waals surface area contributed by atoms with E-state index in [-0.39, 0.29) is 0 Å². The van der Waals surface area contributed by atoms with E-state index in [9.17, 15) is 9.59 Å². The molecule has 0 fully saturated rings. The van der Waals surface area contributed by atoms with Gasteiger partial charge < -0.3 is 0 Å². The molecule has 0 radical (unpaired) electrons. The van der Waals surface area contributed by atoms with Crippen molar-refractivity contribution in [2.75, 3.05) is 0 Å². The minimum atomic E-state index is -0.494. The van der Waals surface area contributed by atoms with Crippen molar-refractivity contribution in [1.82, 2.24) is 20.8 Å².